The van der Waals surface area contributed by atoms with Gasteiger partial charge in [0, 0.05) is 38.2 Å². The van der Waals surface area contributed by atoms with Crippen LogP contribution in [0.15, 0.2) is 52.7 Å². The average molecular weight is 601 g/mol. The normalized spacial score (nSPS) is 18.7. The minimum absolute atomic E-state index is 0. The third kappa shape index (κ3) is 11.6. The van der Waals surface area contributed by atoms with E-state index in [1.54, 1.807) is 0 Å². The van der Waals surface area contributed by atoms with Gasteiger partial charge in [0.2, 0.25) is 0 Å². The van der Waals surface area contributed by atoms with Crippen LogP contribution in [0.25, 0.3) is 5.57 Å². The summed E-state index contributed by atoms with van der Waals surface area (Å²) in [5.74, 6) is -0.511. The van der Waals surface area contributed by atoms with Crippen LogP contribution in [-0.4, -0.2) is 48.5 Å². The van der Waals surface area contributed by atoms with Crippen LogP contribution in [0.2, 0.25) is 0 Å². The van der Waals surface area contributed by atoms with Gasteiger partial charge in [0.1, 0.15) is 11.6 Å². The van der Waals surface area contributed by atoms with E-state index in [4.69, 9.17) is 4.74 Å². The topological polar surface area (TPSA) is 49.2 Å². The Bertz CT molecular complexity index is 1240. The van der Waals surface area contributed by atoms with Gasteiger partial charge in [-0.3, -0.25) is 0 Å². The van der Waals surface area contributed by atoms with E-state index in [1.807, 2.05) is 45.9 Å². The van der Waals surface area contributed by atoms with E-state index < -0.39 is 11.6 Å². The first-order valence-electron chi connectivity index (χ1n) is 16.1. The second kappa shape index (κ2) is 18.7. The summed E-state index contributed by atoms with van der Waals surface area (Å²) in [6.07, 6.45) is 8.54. The lowest BCUT2D eigenvalue weighted by Crippen LogP contribution is -2.46. The van der Waals surface area contributed by atoms with Gasteiger partial charge in [-0.1, -0.05) is 51.8 Å². The second-order valence-corrected chi connectivity index (χ2v) is 11.5. The Morgan fingerprint density at radius 1 is 1.05 bits per heavy atom. The second-order valence-electron chi connectivity index (χ2n) is 11.5. The molecule has 2 atom stereocenters. The van der Waals surface area contributed by atoms with Crippen LogP contribution in [0.4, 0.5) is 8.78 Å². The Labute approximate surface area is 262 Å². The molecule has 0 aromatic heterocycles. The number of hydrogen-bond donors (Lipinski definition) is 1. The van der Waals surface area contributed by atoms with Crippen LogP contribution < -0.4 is 10.1 Å². The molecule has 1 N–H and O–H groups in total. The Morgan fingerprint density at radius 3 is 2.35 bits per heavy atom. The fraction of sp³-hybridized carbons (Fsp3) is 0.556. The average Bonchev–Trinajstić information content (AvgIpc) is 3.17. The zero-order valence-corrected chi connectivity index (χ0v) is 27.9. The van der Waals surface area contributed by atoms with Crippen molar-refractivity contribution in [1.29, 1.82) is 0 Å². The lowest BCUT2D eigenvalue weighted by molar-refractivity contribution is 0.232. The Hall–Kier alpha value is -2.90. The predicted molar refractivity (Wildman–Crippen MR) is 184 cm³/mol. The first-order chi connectivity index (χ1) is 20.6. The third-order valence-corrected chi connectivity index (χ3v) is 7.76. The van der Waals surface area contributed by atoms with Crippen LogP contribution in [-0.2, 0) is 0 Å². The highest BCUT2D eigenvalue weighted by atomic mass is 19.1. The standard InChI is InChI=1S/C31H40F2N4O.C3H8.C2H6.2H2/c1-20-6-12-30(38-31-13-10-25(32)19-28(31)33)27(18-20)21(2)7-8-24-9-11-29(36-35-22(24)3)23(4)34-26-14-16-37(5)17-15-26;1-3-2;1-2;;/h6-7,10,12-13,18-19,23-24,26,34H,8-9,11,14-17H2,1-5H3;3H2,1-2H3;1-2H3;2*1H/b21-7+;;;;. The van der Waals surface area contributed by atoms with Crippen LogP contribution in [0.1, 0.15) is 101 Å². The summed E-state index contributed by atoms with van der Waals surface area (Å²) in [6.45, 7) is 18.8. The maximum absolute atomic E-state index is 14.2. The smallest absolute Gasteiger partial charge is 0.168 e. The molecular weight excluding hydrogens is 542 g/mol. The van der Waals surface area contributed by atoms with Gasteiger partial charge < -0.3 is 15.0 Å². The molecule has 0 saturated carbocycles. The molecule has 43 heavy (non-hydrogen) atoms. The van der Waals surface area contributed by atoms with Gasteiger partial charge in [-0.05, 0) is 110 Å². The zero-order chi connectivity index (χ0) is 31.9. The number of piperidine rings is 1. The highest BCUT2D eigenvalue weighted by molar-refractivity contribution is 5.93. The van der Waals surface area contributed by atoms with Crippen molar-refractivity contribution in [2.75, 3.05) is 20.1 Å². The number of nitrogens with zero attached hydrogens (tertiary/aromatic N) is 3. The molecule has 5 nitrogen and oxygen atoms in total. The molecule has 0 bridgehead atoms. The van der Waals surface area contributed by atoms with Crippen LogP contribution in [0, 0.1) is 24.5 Å². The maximum atomic E-state index is 14.2. The molecule has 0 aliphatic carbocycles. The monoisotopic (exact) mass is 600 g/mol. The molecule has 0 radical (unpaired) electrons. The van der Waals surface area contributed by atoms with E-state index >= 15 is 0 Å². The molecule has 1 saturated heterocycles. The van der Waals surface area contributed by atoms with Crippen molar-refractivity contribution in [2.24, 2.45) is 16.1 Å². The lowest BCUT2D eigenvalue weighted by Gasteiger charge is -2.31. The largest absolute Gasteiger partial charge is 0.454 e. The van der Waals surface area contributed by atoms with Crippen LogP contribution in [0.5, 0.6) is 11.5 Å². The number of halogens is 2. The number of nitrogens with one attached hydrogen (secondary N) is 1. The van der Waals surface area contributed by atoms with E-state index in [0.717, 1.165) is 66.5 Å². The highest BCUT2D eigenvalue weighted by Crippen LogP contribution is 2.33. The summed E-state index contributed by atoms with van der Waals surface area (Å²) in [4.78, 5) is 2.38. The van der Waals surface area contributed by atoms with Gasteiger partial charge in [0.15, 0.2) is 11.6 Å². The molecule has 2 aromatic rings. The minimum Gasteiger partial charge on any atom is -0.454 e. The van der Waals surface area contributed by atoms with Crippen LogP contribution in [0.3, 0.4) is 0 Å². The summed E-state index contributed by atoms with van der Waals surface area (Å²) >= 11 is 0. The van der Waals surface area contributed by atoms with Crippen molar-refractivity contribution >= 4 is 17.0 Å². The summed E-state index contributed by atoms with van der Waals surface area (Å²) < 4.78 is 33.5. The Morgan fingerprint density at radius 2 is 1.70 bits per heavy atom. The molecule has 242 valence electrons. The molecule has 0 amide bonds. The van der Waals surface area contributed by atoms with E-state index in [1.165, 1.54) is 31.4 Å². The zero-order valence-electron chi connectivity index (χ0n) is 27.9. The number of aryl methyl sites for hydroxylation is 1. The van der Waals surface area contributed by atoms with Crippen molar-refractivity contribution in [3.8, 4) is 11.5 Å². The SMILES string of the molecule is CC.CC1=NN=C(C(C)NC2CCN(C)CC2)CCC1C/C=C(\C)c1cc(C)ccc1Oc1ccc(F)cc1F.CCC.[HH].[HH]. The van der Waals surface area contributed by atoms with E-state index in [-0.39, 0.29) is 14.6 Å². The van der Waals surface area contributed by atoms with E-state index in [0.29, 0.717) is 17.7 Å². The highest BCUT2D eigenvalue weighted by Gasteiger charge is 2.23. The van der Waals surface area contributed by atoms with Crippen molar-refractivity contribution < 1.29 is 16.4 Å². The molecule has 2 unspecified atom stereocenters. The fourth-order valence-corrected chi connectivity index (χ4v) is 5.17. The van der Waals surface area contributed by atoms with Gasteiger partial charge in [-0.25, -0.2) is 8.78 Å². The number of allylic oxidation sites excluding steroid dienone is 2. The fourth-order valence-electron chi connectivity index (χ4n) is 5.17. The van der Waals surface area contributed by atoms with Crippen molar-refractivity contribution in [1.82, 2.24) is 10.2 Å². The van der Waals surface area contributed by atoms with Gasteiger partial charge in [-0.15, -0.1) is 0 Å². The third-order valence-electron chi connectivity index (χ3n) is 7.76. The quantitative estimate of drug-likeness (QED) is 0.328. The minimum atomic E-state index is -0.723. The molecule has 7 heteroatoms. The first-order valence-corrected chi connectivity index (χ1v) is 16.1. The number of ether oxygens (including phenoxy) is 1. The molecule has 0 spiro atoms. The number of rotatable bonds is 8. The summed E-state index contributed by atoms with van der Waals surface area (Å²) in [6, 6.07) is 9.90. The summed E-state index contributed by atoms with van der Waals surface area (Å²) in [5.41, 5.74) is 5.19. The van der Waals surface area contributed by atoms with Crippen molar-refractivity contribution in [2.45, 2.75) is 106 Å². The Balaban J connectivity index is 0.00000261. The molecule has 1 fully saturated rings. The molecule has 2 aliphatic heterocycles. The number of likely N-dealkylation sites (tertiary alicyclic amines) is 1. The number of hydrogen-bond acceptors (Lipinski definition) is 5. The molecular formula is C36H58F2N4O. The van der Waals surface area contributed by atoms with Crippen molar-refractivity contribution in [3.63, 3.8) is 0 Å². The molecule has 2 aromatic carbocycles. The van der Waals surface area contributed by atoms with Gasteiger partial charge in [-0.2, -0.15) is 10.2 Å². The molecule has 4 rings (SSSR count). The van der Waals surface area contributed by atoms with Crippen molar-refractivity contribution in [3.05, 3.63) is 65.2 Å². The summed E-state index contributed by atoms with van der Waals surface area (Å²) in [5, 5.41) is 13.0. The molecule has 2 aliphatic rings. The van der Waals surface area contributed by atoms with E-state index in [9.17, 15) is 8.78 Å². The molecule has 2 heterocycles. The summed E-state index contributed by atoms with van der Waals surface area (Å²) in [7, 11) is 2.18. The van der Waals surface area contributed by atoms with Gasteiger partial charge in [0.05, 0.1) is 5.71 Å². The van der Waals surface area contributed by atoms with Crippen LogP contribution >= 0.6 is 0 Å². The van der Waals surface area contributed by atoms with Gasteiger partial charge in [0.25, 0.3) is 0 Å². The number of benzene rings is 2. The maximum Gasteiger partial charge on any atom is 0.168 e. The first kappa shape index (κ1) is 36.3. The Kier molecular flexibility index (Phi) is 15.8. The lowest BCUT2D eigenvalue weighted by atomic mass is 9.91. The predicted octanol–water partition coefficient (Wildman–Crippen LogP) is 10.1. The van der Waals surface area contributed by atoms with E-state index in [2.05, 4.69) is 61.2 Å². The van der Waals surface area contributed by atoms with Gasteiger partial charge >= 0.3 is 0 Å².